The highest BCUT2D eigenvalue weighted by molar-refractivity contribution is 7.45. The topological polar surface area (TPSA) is 108 Å². The van der Waals surface area contributed by atoms with Crippen LogP contribution >= 0.6 is 7.82 Å². The average Bonchev–Trinajstić information content (AvgIpc) is 3.56. The van der Waals surface area contributed by atoms with Gasteiger partial charge in [0.15, 0.2) is 0 Å². The molecule has 0 saturated carbocycles. The number of rotatable bonds is 68. The predicted octanol–water partition coefficient (Wildman–Crippen LogP) is 22.9. The van der Waals surface area contributed by atoms with Crippen LogP contribution in [0.1, 0.15) is 361 Å². The van der Waals surface area contributed by atoms with E-state index in [1.807, 2.05) is 27.2 Å². The highest BCUT2D eigenvalue weighted by Crippen LogP contribution is 2.38. The van der Waals surface area contributed by atoms with Gasteiger partial charge in [0.1, 0.15) is 13.2 Å². The van der Waals surface area contributed by atoms with Gasteiger partial charge < -0.3 is 28.8 Å². The van der Waals surface area contributed by atoms with E-state index >= 15 is 0 Å². The quantitative estimate of drug-likeness (QED) is 0.0272. The molecular formula is C75H143N2O6P. The third-order valence-electron chi connectivity index (χ3n) is 16.7. The summed E-state index contributed by atoms with van der Waals surface area (Å²) < 4.78 is 23.5. The van der Waals surface area contributed by atoms with E-state index in [-0.39, 0.29) is 19.1 Å². The fourth-order valence-corrected chi connectivity index (χ4v) is 11.8. The van der Waals surface area contributed by atoms with Crippen molar-refractivity contribution in [1.82, 2.24) is 5.32 Å². The number of quaternary nitrogens is 1. The van der Waals surface area contributed by atoms with E-state index < -0.39 is 20.0 Å². The Kier molecular flexibility index (Phi) is 64.2. The van der Waals surface area contributed by atoms with Crippen molar-refractivity contribution in [2.45, 2.75) is 373 Å². The van der Waals surface area contributed by atoms with Gasteiger partial charge in [-0.15, -0.1) is 0 Å². The molecule has 0 rings (SSSR count). The van der Waals surface area contributed by atoms with Gasteiger partial charge in [-0.05, 0) is 57.8 Å². The number of amides is 1. The van der Waals surface area contributed by atoms with Gasteiger partial charge in [-0.2, -0.15) is 0 Å². The van der Waals surface area contributed by atoms with Gasteiger partial charge in [0.05, 0.1) is 39.9 Å². The molecule has 3 atom stereocenters. The van der Waals surface area contributed by atoms with E-state index in [2.05, 4.69) is 67.8 Å². The van der Waals surface area contributed by atoms with Crippen LogP contribution < -0.4 is 10.2 Å². The first kappa shape index (κ1) is 82.2. The summed E-state index contributed by atoms with van der Waals surface area (Å²) in [6.07, 6.45) is 90.7. The minimum atomic E-state index is -4.60. The van der Waals surface area contributed by atoms with Crippen LogP contribution in [0.25, 0.3) is 0 Å². The lowest BCUT2D eigenvalue weighted by Crippen LogP contribution is -2.45. The van der Waals surface area contributed by atoms with Crippen LogP contribution in [0.3, 0.4) is 0 Å². The molecule has 0 spiro atoms. The summed E-state index contributed by atoms with van der Waals surface area (Å²) in [5.41, 5.74) is 0. The van der Waals surface area contributed by atoms with Crippen molar-refractivity contribution in [2.75, 3.05) is 40.9 Å². The minimum Gasteiger partial charge on any atom is -0.756 e. The zero-order valence-corrected chi connectivity index (χ0v) is 57.5. The number of hydrogen-bond acceptors (Lipinski definition) is 6. The lowest BCUT2D eigenvalue weighted by Gasteiger charge is -2.29. The van der Waals surface area contributed by atoms with E-state index in [4.69, 9.17) is 9.05 Å². The third kappa shape index (κ3) is 67.7. The molecular weight excluding hydrogens is 1060 g/mol. The molecule has 0 heterocycles. The van der Waals surface area contributed by atoms with E-state index in [0.29, 0.717) is 17.4 Å². The second kappa shape index (κ2) is 65.6. The zero-order valence-electron chi connectivity index (χ0n) is 56.6. The molecule has 0 aromatic rings. The Morgan fingerprint density at radius 2 is 0.726 bits per heavy atom. The number of aliphatic hydroxyl groups excluding tert-OH is 1. The van der Waals surface area contributed by atoms with Crippen LogP contribution in [0, 0.1) is 0 Å². The molecule has 1 amide bonds. The highest BCUT2D eigenvalue weighted by Gasteiger charge is 2.23. The summed E-state index contributed by atoms with van der Waals surface area (Å²) in [4.78, 5) is 25.7. The molecule has 0 aromatic heterocycles. The minimum absolute atomic E-state index is 0.000516. The van der Waals surface area contributed by atoms with Gasteiger partial charge in [-0.1, -0.05) is 357 Å². The maximum Gasteiger partial charge on any atom is 0.268 e. The standard InChI is InChI=1S/C75H143N2O6P/c1-6-8-10-12-14-16-18-20-22-24-26-28-30-32-33-34-35-36-37-38-39-40-41-42-43-45-47-49-51-53-55-57-59-61-63-65-67-69-75(79)76-73(72-83-84(80,81)82-71-70-77(3,4)5)74(78)68-66-64-62-60-58-56-54-52-50-48-46-44-31-29-27-25-23-21-19-17-15-13-11-9-7-2/h8,10,14,16,20,22,26,28,66,68,73-74,78H,6-7,9,11-13,15,17-19,21,23-25,27,29-65,67,69-72H2,1-5H3,(H-,76,79,80,81)/b10-8-,16-14-,22-20-,28-26-,68-66+. The first-order valence-electron chi connectivity index (χ1n) is 36.7. The number of aliphatic hydroxyl groups is 1. The van der Waals surface area contributed by atoms with Gasteiger partial charge in [0, 0.05) is 6.42 Å². The van der Waals surface area contributed by atoms with Gasteiger partial charge in [-0.25, -0.2) is 0 Å². The summed E-state index contributed by atoms with van der Waals surface area (Å²) in [5.74, 6) is -0.190. The fraction of sp³-hybridized carbons (Fsp3) is 0.853. The lowest BCUT2D eigenvalue weighted by atomic mass is 10.0. The van der Waals surface area contributed by atoms with Crippen LogP contribution in [0.15, 0.2) is 60.8 Å². The Morgan fingerprint density at radius 3 is 1.06 bits per heavy atom. The Bertz CT molecular complexity index is 1550. The molecule has 0 aliphatic rings. The van der Waals surface area contributed by atoms with E-state index in [1.165, 1.54) is 276 Å². The summed E-state index contributed by atoms with van der Waals surface area (Å²) in [5, 5.41) is 14.0. The number of allylic oxidation sites excluding steroid dienone is 9. The third-order valence-corrected chi connectivity index (χ3v) is 17.7. The second-order valence-corrected chi connectivity index (χ2v) is 27.7. The fourth-order valence-electron chi connectivity index (χ4n) is 11.1. The maximum absolute atomic E-state index is 13.1. The van der Waals surface area contributed by atoms with Crippen LogP contribution in [-0.2, 0) is 18.4 Å². The average molecular weight is 1200 g/mol. The van der Waals surface area contributed by atoms with Gasteiger partial charge >= 0.3 is 0 Å². The predicted molar refractivity (Wildman–Crippen MR) is 367 cm³/mol. The number of nitrogens with one attached hydrogen (secondary N) is 1. The molecule has 8 nitrogen and oxygen atoms in total. The number of nitrogens with zero attached hydrogens (tertiary/aromatic N) is 1. The summed E-state index contributed by atoms with van der Waals surface area (Å²) >= 11 is 0. The molecule has 0 saturated heterocycles. The van der Waals surface area contributed by atoms with Crippen LogP contribution in [-0.4, -0.2) is 68.5 Å². The molecule has 0 fully saturated rings. The lowest BCUT2D eigenvalue weighted by molar-refractivity contribution is -0.870. The van der Waals surface area contributed by atoms with Crippen molar-refractivity contribution in [3.8, 4) is 0 Å². The van der Waals surface area contributed by atoms with Crippen LogP contribution in [0.2, 0.25) is 0 Å². The van der Waals surface area contributed by atoms with Gasteiger partial charge in [0.25, 0.3) is 7.82 Å². The number of unbranched alkanes of at least 4 members (excludes halogenated alkanes) is 47. The Morgan fingerprint density at radius 1 is 0.429 bits per heavy atom. The normalized spacial score (nSPS) is 13.9. The van der Waals surface area contributed by atoms with E-state index in [0.717, 1.165) is 64.2 Å². The first-order chi connectivity index (χ1) is 41.0. The zero-order chi connectivity index (χ0) is 61.2. The Labute approximate surface area is 523 Å². The first-order valence-corrected chi connectivity index (χ1v) is 38.1. The SMILES string of the molecule is CC/C=C\C/C=C\C/C=C\C/C=C\CCCCCCCCCCCCCCCCCCCCCCCCCCC(=O)NC(COP(=O)([O-])OCC[N+](C)(C)C)C(O)/C=C/CCCCCCCCCCCCCCCCCCCCCCCCC. The van der Waals surface area contributed by atoms with E-state index in [9.17, 15) is 19.4 Å². The highest BCUT2D eigenvalue weighted by atomic mass is 31.2. The number of likely N-dealkylation sites (N-methyl/N-ethyl adjacent to an activating group) is 1. The van der Waals surface area contributed by atoms with Gasteiger partial charge in [-0.3, -0.25) is 9.36 Å². The molecule has 0 aliphatic carbocycles. The Hall–Kier alpha value is -1.80. The molecule has 3 unspecified atom stereocenters. The summed E-state index contributed by atoms with van der Waals surface area (Å²) in [6.45, 7) is 4.59. The number of phosphoric ester groups is 1. The van der Waals surface area contributed by atoms with Crippen molar-refractivity contribution in [2.24, 2.45) is 0 Å². The second-order valence-electron chi connectivity index (χ2n) is 26.3. The van der Waals surface area contributed by atoms with Crippen molar-refractivity contribution in [3.63, 3.8) is 0 Å². The summed E-state index contributed by atoms with van der Waals surface area (Å²) in [6, 6.07) is -0.887. The number of carbonyl (C=O) groups is 1. The molecule has 84 heavy (non-hydrogen) atoms. The maximum atomic E-state index is 13.1. The monoisotopic (exact) mass is 1200 g/mol. The Balaban J connectivity index is 3.97. The number of hydrogen-bond donors (Lipinski definition) is 2. The van der Waals surface area contributed by atoms with Crippen LogP contribution in [0.4, 0.5) is 0 Å². The van der Waals surface area contributed by atoms with Crippen molar-refractivity contribution in [1.29, 1.82) is 0 Å². The van der Waals surface area contributed by atoms with Crippen molar-refractivity contribution in [3.05, 3.63) is 60.8 Å². The number of phosphoric acid groups is 1. The molecule has 494 valence electrons. The molecule has 0 radical (unpaired) electrons. The largest absolute Gasteiger partial charge is 0.756 e. The summed E-state index contributed by atoms with van der Waals surface area (Å²) in [7, 11) is 1.28. The molecule has 9 heteroatoms. The molecule has 0 bridgehead atoms. The smallest absolute Gasteiger partial charge is 0.268 e. The van der Waals surface area contributed by atoms with E-state index in [1.54, 1.807) is 6.08 Å². The van der Waals surface area contributed by atoms with Gasteiger partial charge in [0.2, 0.25) is 5.91 Å². The molecule has 0 aromatic carbocycles. The van der Waals surface area contributed by atoms with Crippen molar-refractivity contribution >= 4 is 13.7 Å². The molecule has 2 N–H and O–H groups in total. The molecule has 0 aliphatic heterocycles. The van der Waals surface area contributed by atoms with Crippen LogP contribution in [0.5, 0.6) is 0 Å². The number of carbonyl (C=O) groups excluding carboxylic acids is 1. The van der Waals surface area contributed by atoms with Crippen molar-refractivity contribution < 1.29 is 32.9 Å².